The zero-order valence-electron chi connectivity index (χ0n) is 10.8. The van der Waals surface area contributed by atoms with E-state index >= 15 is 0 Å². The van der Waals surface area contributed by atoms with Gasteiger partial charge in [0.15, 0.2) is 0 Å². The molecule has 1 heterocycles. The molecule has 6 nitrogen and oxygen atoms in total. The summed E-state index contributed by atoms with van der Waals surface area (Å²) in [6.45, 7) is 3.83. The van der Waals surface area contributed by atoms with Crippen LogP contribution < -0.4 is 5.32 Å². The van der Waals surface area contributed by atoms with Crippen molar-refractivity contribution in [3.63, 3.8) is 0 Å². The van der Waals surface area contributed by atoms with Crippen LogP contribution in [0.5, 0.6) is 0 Å². The van der Waals surface area contributed by atoms with E-state index < -0.39 is 10.1 Å². The number of anilines is 1. The molecule has 1 aromatic rings. The highest BCUT2D eigenvalue weighted by Gasteiger charge is 2.14. The van der Waals surface area contributed by atoms with Gasteiger partial charge in [0.1, 0.15) is 11.0 Å². The van der Waals surface area contributed by atoms with E-state index in [4.69, 9.17) is 23.2 Å². The van der Waals surface area contributed by atoms with E-state index in [9.17, 15) is 8.42 Å². The first-order valence-corrected chi connectivity index (χ1v) is 8.09. The Balaban J connectivity index is 2.91. The maximum atomic E-state index is 10.9. The molecule has 0 amide bonds. The Morgan fingerprint density at radius 1 is 1.32 bits per heavy atom. The average molecular weight is 328 g/mol. The molecule has 0 aliphatic heterocycles. The minimum Gasteiger partial charge on any atom is -0.367 e. The van der Waals surface area contributed by atoms with E-state index in [1.807, 2.05) is 13.8 Å². The van der Waals surface area contributed by atoms with E-state index in [0.717, 1.165) is 6.26 Å². The number of halogens is 2. The van der Waals surface area contributed by atoms with Gasteiger partial charge in [-0.1, -0.05) is 11.6 Å². The van der Waals surface area contributed by atoms with Crippen molar-refractivity contribution in [2.75, 3.05) is 18.2 Å². The van der Waals surface area contributed by atoms with Crippen molar-refractivity contribution in [3.05, 3.63) is 16.0 Å². The largest absolute Gasteiger partial charge is 0.367 e. The zero-order valence-corrected chi connectivity index (χ0v) is 13.1. The summed E-state index contributed by atoms with van der Waals surface area (Å²) in [6.07, 6.45) is 1.25. The van der Waals surface area contributed by atoms with Gasteiger partial charge in [0.2, 0.25) is 5.28 Å². The van der Waals surface area contributed by atoms with E-state index in [-0.39, 0.29) is 29.5 Å². The monoisotopic (exact) mass is 327 g/mol. The molecule has 0 aliphatic carbocycles. The molecule has 0 saturated carbocycles. The minimum atomic E-state index is -3.48. The van der Waals surface area contributed by atoms with Crippen molar-refractivity contribution in [3.8, 4) is 0 Å². The van der Waals surface area contributed by atoms with Crippen molar-refractivity contribution >= 4 is 39.1 Å². The van der Waals surface area contributed by atoms with Crippen LogP contribution in [-0.2, 0) is 20.7 Å². The fraction of sp³-hybridized carbons (Fsp3) is 0.600. The number of aromatic nitrogens is 2. The van der Waals surface area contributed by atoms with Gasteiger partial charge in [-0.25, -0.2) is 9.97 Å². The van der Waals surface area contributed by atoms with E-state index in [1.165, 1.54) is 0 Å². The second kappa shape index (κ2) is 6.69. The first-order chi connectivity index (χ1) is 8.69. The normalized spacial score (nSPS) is 11.9. The second-order valence-corrected chi connectivity index (χ2v) is 6.53. The Bertz CT molecular complexity index is 549. The van der Waals surface area contributed by atoms with Gasteiger partial charge in [0.05, 0.1) is 12.9 Å². The van der Waals surface area contributed by atoms with E-state index in [0.29, 0.717) is 11.4 Å². The van der Waals surface area contributed by atoms with Crippen LogP contribution in [0.1, 0.15) is 19.4 Å². The molecule has 0 fully saturated rings. The lowest BCUT2D eigenvalue weighted by Gasteiger charge is -2.14. The lowest BCUT2D eigenvalue weighted by atomic mass is 10.2. The van der Waals surface area contributed by atoms with Crippen LogP contribution >= 0.6 is 23.2 Å². The van der Waals surface area contributed by atoms with Gasteiger partial charge in [-0.15, -0.1) is 0 Å². The van der Waals surface area contributed by atoms with Crippen molar-refractivity contribution in [2.45, 2.75) is 26.3 Å². The summed E-state index contributed by atoms with van der Waals surface area (Å²) in [4.78, 5) is 7.87. The molecule has 0 aliphatic rings. The van der Waals surface area contributed by atoms with Crippen LogP contribution in [0.4, 0.5) is 5.82 Å². The Morgan fingerprint density at radius 3 is 2.47 bits per heavy atom. The van der Waals surface area contributed by atoms with Gasteiger partial charge in [0, 0.05) is 18.0 Å². The number of nitrogens with zero attached hydrogens (tertiary/aromatic N) is 2. The topological polar surface area (TPSA) is 81.2 Å². The molecule has 1 N–H and O–H groups in total. The second-order valence-electron chi connectivity index (χ2n) is 4.19. The lowest BCUT2D eigenvalue weighted by molar-refractivity contribution is 0.326. The van der Waals surface area contributed by atoms with Crippen LogP contribution in [0.2, 0.25) is 10.4 Å². The van der Waals surface area contributed by atoms with Gasteiger partial charge in [-0.2, -0.15) is 8.42 Å². The smallest absolute Gasteiger partial charge is 0.264 e. The molecule has 0 unspecified atom stereocenters. The highest BCUT2D eigenvalue weighted by atomic mass is 35.5. The quantitative estimate of drug-likeness (QED) is 0.489. The van der Waals surface area contributed by atoms with Gasteiger partial charge >= 0.3 is 0 Å². The Hall–Kier alpha value is -0.630. The van der Waals surface area contributed by atoms with Crippen LogP contribution in [0, 0.1) is 0 Å². The Labute approximate surface area is 122 Å². The van der Waals surface area contributed by atoms with Gasteiger partial charge in [-0.3, -0.25) is 4.18 Å². The van der Waals surface area contributed by atoms with Crippen molar-refractivity contribution < 1.29 is 12.6 Å². The number of hydrogen-bond donors (Lipinski definition) is 1. The molecular weight excluding hydrogens is 313 g/mol. The summed E-state index contributed by atoms with van der Waals surface area (Å²) in [5.74, 6) is 0.483. The molecule has 0 spiro atoms. The Kier molecular flexibility index (Phi) is 5.79. The van der Waals surface area contributed by atoms with Crippen molar-refractivity contribution in [2.24, 2.45) is 0 Å². The van der Waals surface area contributed by atoms with Gasteiger partial charge in [-0.05, 0) is 25.4 Å². The number of rotatable bonds is 6. The van der Waals surface area contributed by atoms with E-state index in [2.05, 4.69) is 19.5 Å². The number of nitrogens with one attached hydrogen (secondary N) is 1. The third-order valence-corrected chi connectivity index (χ3v) is 3.08. The lowest BCUT2D eigenvalue weighted by Crippen LogP contribution is -2.15. The van der Waals surface area contributed by atoms with Gasteiger partial charge < -0.3 is 5.32 Å². The molecule has 0 bridgehead atoms. The first-order valence-electron chi connectivity index (χ1n) is 5.52. The molecule has 0 radical (unpaired) electrons. The highest BCUT2D eigenvalue weighted by Crippen LogP contribution is 2.24. The zero-order chi connectivity index (χ0) is 14.6. The molecule has 108 valence electrons. The summed E-state index contributed by atoms with van der Waals surface area (Å²) >= 11 is 11.7. The minimum absolute atomic E-state index is 0.0286. The number of hydrogen-bond acceptors (Lipinski definition) is 6. The van der Waals surface area contributed by atoms with E-state index in [1.54, 1.807) is 0 Å². The molecular formula is C10H15Cl2N3O3S. The molecule has 1 aromatic heterocycles. The van der Waals surface area contributed by atoms with Crippen LogP contribution in [0.3, 0.4) is 0 Å². The SMILES string of the molecule is CC(C)Nc1nc(Cl)nc(Cl)c1CCOS(C)(=O)=O. The summed E-state index contributed by atoms with van der Waals surface area (Å²) in [5.41, 5.74) is 0.573. The fourth-order valence-corrected chi connectivity index (χ4v) is 2.20. The van der Waals surface area contributed by atoms with Crippen LogP contribution in [0.25, 0.3) is 0 Å². The molecule has 0 aromatic carbocycles. The predicted molar refractivity (Wildman–Crippen MR) is 75.3 cm³/mol. The molecule has 0 atom stereocenters. The third kappa shape index (κ3) is 5.90. The Morgan fingerprint density at radius 2 is 1.95 bits per heavy atom. The standard InChI is InChI=1S/C10H15Cl2N3O3S/c1-6(2)13-9-7(4-5-18-19(3,16)17)8(11)14-10(12)15-9/h6H,4-5H2,1-3H3,(H,13,14,15). The predicted octanol–water partition coefficient (Wildman–Crippen LogP) is 2.12. The molecule has 1 rings (SSSR count). The maximum absolute atomic E-state index is 10.9. The summed E-state index contributed by atoms with van der Waals surface area (Å²) in [5, 5.41) is 3.29. The van der Waals surface area contributed by atoms with Gasteiger partial charge in [0.25, 0.3) is 10.1 Å². The third-order valence-electron chi connectivity index (χ3n) is 2.00. The molecule has 19 heavy (non-hydrogen) atoms. The summed E-state index contributed by atoms with van der Waals surface area (Å²) in [7, 11) is -3.48. The summed E-state index contributed by atoms with van der Waals surface area (Å²) < 4.78 is 26.5. The van der Waals surface area contributed by atoms with Crippen molar-refractivity contribution in [1.29, 1.82) is 0 Å². The highest BCUT2D eigenvalue weighted by molar-refractivity contribution is 7.85. The maximum Gasteiger partial charge on any atom is 0.264 e. The molecule has 9 heteroatoms. The average Bonchev–Trinajstić information content (AvgIpc) is 2.19. The molecule has 0 saturated heterocycles. The summed E-state index contributed by atoms with van der Waals surface area (Å²) in [6, 6.07) is 0.122. The van der Waals surface area contributed by atoms with Crippen LogP contribution in [-0.4, -0.2) is 37.3 Å². The van der Waals surface area contributed by atoms with Crippen LogP contribution in [0.15, 0.2) is 0 Å². The first kappa shape index (κ1) is 16.4. The van der Waals surface area contributed by atoms with Crippen molar-refractivity contribution in [1.82, 2.24) is 9.97 Å². The fourth-order valence-electron chi connectivity index (χ4n) is 1.34.